The highest BCUT2D eigenvalue weighted by Crippen LogP contribution is 2.35. The molecule has 1 amide bonds. The predicted octanol–water partition coefficient (Wildman–Crippen LogP) is 5.26. The molecule has 0 radical (unpaired) electrons. The normalized spacial score (nSPS) is 15.6. The Morgan fingerprint density at radius 3 is 2.50 bits per heavy atom. The number of likely N-dealkylation sites (tertiary alicyclic amines) is 1. The van der Waals surface area contributed by atoms with Crippen LogP contribution in [-0.4, -0.2) is 34.0 Å². The first-order valence-corrected chi connectivity index (χ1v) is 10.5. The molecule has 1 saturated heterocycles. The van der Waals surface area contributed by atoms with E-state index in [1.807, 2.05) is 0 Å². The zero-order valence-corrected chi connectivity index (χ0v) is 17.7. The number of aromatic nitrogens is 2. The maximum absolute atomic E-state index is 13.1. The molecule has 3 aromatic rings. The molecule has 32 heavy (non-hydrogen) atoms. The second-order valence-electron chi connectivity index (χ2n) is 7.60. The number of halogens is 4. The minimum Gasteiger partial charge on any atom is -0.338 e. The van der Waals surface area contributed by atoms with Gasteiger partial charge in [0, 0.05) is 16.5 Å². The third-order valence-electron chi connectivity index (χ3n) is 5.38. The Morgan fingerprint density at radius 2 is 1.81 bits per heavy atom. The van der Waals surface area contributed by atoms with Crippen LogP contribution in [0.1, 0.15) is 24.3 Å². The minimum atomic E-state index is -4.53. The fourth-order valence-corrected chi connectivity index (χ4v) is 3.78. The third-order valence-corrected chi connectivity index (χ3v) is 5.63. The zero-order valence-electron chi connectivity index (χ0n) is 16.9. The van der Waals surface area contributed by atoms with Gasteiger partial charge in [-0.15, -0.1) is 0 Å². The lowest BCUT2D eigenvalue weighted by molar-refractivity contribution is -0.137. The number of piperidine rings is 1. The van der Waals surface area contributed by atoms with Crippen molar-refractivity contribution in [2.24, 2.45) is 5.92 Å². The monoisotopic (exact) mass is 464 g/mol. The Morgan fingerprint density at radius 1 is 1.12 bits per heavy atom. The number of hydrogen-bond donors (Lipinski definition) is 1. The summed E-state index contributed by atoms with van der Waals surface area (Å²) < 4.78 is 44.8. The van der Waals surface area contributed by atoms with Crippen molar-refractivity contribution in [2.75, 3.05) is 18.4 Å². The van der Waals surface area contributed by atoms with Crippen molar-refractivity contribution in [3.8, 4) is 11.4 Å². The van der Waals surface area contributed by atoms with Crippen molar-refractivity contribution in [3.63, 3.8) is 0 Å². The largest absolute Gasteiger partial charge is 0.418 e. The Bertz CT molecular complexity index is 1080. The first-order chi connectivity index (χ1) is 15.3. The summed E-state index contributed by atoms with van der Waals surface area (Å²) in [5, 5.41) is 7.05. The van der Waals surface area contributed by atoms with Gasteiger partial charge in [0.05, 0.1) is 17.8 Å². The van der Waals surface area contributed by atoms with E-state index in [1.54, 1.807) is 24.3 Å². The van der Waals surface area contributed by atoms with Crippen molar-refractivity contribution in [1.82, 2.24) is 15.0 Å². The van der Waals surface area contributed by atoms with Gasteiger partial charge in [-0.3, -0.25) is 9.69 Å². The van der Waals surface area contributed by atoms with Gasteiger partial charge in [-0.25, -0.2) is 0 Å². The molecule has 2 aromatic carbocycles. The summed E-state index contributed by atoms with van der Waals surface area (Å²) in [6, 6.07) is 12.1. The summed E-state index contributed by atoms with van der Waals surface area (Å²) in [5.41, 5.74) is -0.273. The molecule has 0 saturated carbocycles. The number of carbonyl (C=O) groups excluding carboxylic acids is 1. The number of alkyl halides is 3. The number of rotatable bonds is 5. The van der Waals surface area contributed by atoms with E-state index in [9.17, 15) is 18.0 Å². The first-order valence-electron chi connectivity index (χ1n) is 10.1. The van der Waals surface area contributed by atoms with E-state index in [-0.39, 0.29) is 11.6 Å². The fourth-order valence-electron chi connectivity index (χ4n) is 3.65. The topological polar surface area (TPSA) is 71.3 Å². The van der Waals surface area contributed by atoms with Crippen LogP contribution in [0.3, 0.4) is 0 Å². The van der Waals surface area contributed by atoms with Gasteiger partial charge in [0.25, 0.3) is 0 Å². The van der Waals surface area contributed by atoms with Crippen molar-refractivity contribution in [2.45, 2.75) is 25.6 Å². The number of nitrogens with one attached hydrogen (secondary N) is 1. The second kappa shape index (κ2) is 9.30. The lowest BCUT2D eigenvalue weighted by Crippen LogP contribution is -2.38. The summed E-state index contributed by atoms with van der Waals surface area (Å²) in [6.07, 6.45) is -3.47. The molecule has 6 nitrogen and oxygen atoms in total. The lowest BCUT2D eigenvalue weighted by Gasteiger charge is -2.30. The van der Waals surface area contributed by atoms with Crippen LogP contribution in [0.5, 0.6) is 0 Å². The molecule has 4 rings (SSSR count). The van der Waals surface area contributed by atoms with E-state index in [0.717, 1.165) is 11.6 Å². The molecule has 1 aliphatic heterocycles. The highest BCUT2D eigenvalue weighted by atomic mass is 35.5. The van der Waals surface area contributed by atoms with Gasteiger partial charge < -0.3 is 9.84 Å². The molecule has 1 aliphatic rings. The SMILES string of the molecule is O=C(Nc1ccccc1C(F)(F)F)C1CCN(Cc2nc(-c3ccc(Cl)cc3)no2)CC1. The summed E-state index contributed by atoms with van der Waals surface area (Å²) in [6.45, 7) is 1.63. The molecule has 2 heterocycles. The Hall–Kier alpha value is -2.91. The molecule has 1 aromatic heterocycles. The molecule has 0 bridgehead atoms. The number of amides is 1. The van der Waals surface area contributed by atoms with Crippen LogP contribution in [-0.2, 0) is 17.5 Å². The first kappa shape index (κ1) is 22.3. The minimum absolute atomic E-state index is 0.215. The van der Waals surface area contributed by atoms with E-state index >= 15 is 0 Å². The molecule has 1 N–H and O–H groups in total. The summed E-state index contributed by atoms with van der Waals surface area (Å²) in [7, 11) is 0. The van der Waals surface area contributed by atoms with Crippen LogP contribution in [0.2, 0.25) is 5.02 Å². The van der Waals surface area contributed by atoms with Gasteiger partial charge in [0.2, 0.25) is 17.6 Å². The second-order valence-corrected chi connectivity index (χ2v) is 8.04. The molecule has 1 fully saturated rings. The van der Waals surface area contributed by atoms with E-state index in [0.29, 0.717) is 49.2 Å². The van der Waals surface area contributed by atoms with Crippen molar-refractivity contribution >= 4 is 23.2 Å². The zero-order chi connectivity index (χ0) is 22.7. The van der Waals surface area contributed by atoms with E-state index in [4.69, 9.17) is 16.1 Å². The molecule has 168 valence electrons. The number of nitrogens with zero attached hydrogens (tertiary/aromatic N) is 3. The van der Waals surface area contributed by atoms with Crippen molar-refractivity contribution in [1.29, 1.82) is 0 Å². The van der Waals surface area contributed by atoms with Crippen LogP contribution in [0.4, 0.5) is 18.9 Å². The number of benzene rings is 2. The molecule has 10 heteroatoms. The van der Waals surface area contributed by atoms with Gasteiger partial charge in [0.1, 0.15) is 0 Å². The quantitative estimate of drug-likeness (QED) is 0.557. The van der Waals surface area contributed by atoms with E-state index < -0.39 is 17.6 Å². The van der Waals surface area contributed by atoms with Crippen LogP contribution in [0.15, 0.2) is 53.1 Å². The highest BCUT2D eigenvalue weighted by molar-refractivity contribution is 6.30. The molecule has 0 spiro atoms. The number of carbonyl (C=O) groups is 1. The van der Waals surface area contributed by atoms with Crippen molar-refractivity contribution in [3.05, 3.63) is 65.0 Å². The third kappa shape index (κ3) is 5.28. The maximum atomic E-state index is 13.1. The van der Waals surface area contributed by atoms with Gasteiger partial charge in [0.15, 0.2) is 0 Å². The van der Waals surface area contributed by atoms with Crippen LogP contribution >= 0.6 is 11.6 Å². The van der Waals surface area contributed by atoms with Gasteiger partial charge in [-0.2, -0.15) is 18.2 Å². The number of hydrogen-bond acceptors (Lipinski definition) is 5. The summed E-state index contributed by atoms with van der Waals surface area (Å²) in [4.78, 5) is 19.0. The smallest absolute Gasteiger partial charge is 0.338 e. The fraction of sp³-hybridized carbons (Fsp3) is 0.318. The van der Waals surface area contributed by atoms with Gasteiger partial charge >= 0.3 is 6.18 Å². The summed E-state index contributed by atoms with van der Waals surface area (Å²) in [5.74, 6) is 0.162. The molecular formula is C22H20ClF3N4O2. The highest BCUT2D eigenvalue weighted by Gasteiger charge is 2.34. The molecule has 0 atom stereocenters. The van der Waals surface area contributed by atoms with Crippen LogP contribution in [0.25, 0.3) is 11.4 Å². The number of anilines is 1. The Balaban J connectivity index is 1.31. The lowest BCUT2D eigenvalue weighted by atomic mass is 9.95. The van der Waals surface area contributed by atoms with Gasteiger partial charge in [-0.05, 0) is 62.3 Å². The maximum Gasteiger partial charge on any atom is 0.418 e. The predicted molar refractivity (Wildman–Crippen MR) is 113 cm³/mol. The molecule has 0 aliphatic carbocycles. The van der Waals surface area contributed by atoms with E-state index in [1.165, 1.54) is 18.2 Å². The van der Waals surface area contributed by atoms with Crippen LogP contribution < -0.4 is 5.32 Å². The van der Waals surface area contributed by atoms with Crippen LogP contribution in [0, 0.1) is 5.92 Å². The Labute approximate surface area is 187 Å². The standard InChI is InChI=1S/C22H20ClF3N4O2/c23-16-7-5-14(6-8-16)20-28-19(32-29-20)13-30-11-9-15(10-12-30)21(31)27-18-4-2-1-3-17(18)22(24,25)26/h1-8,15H,9-13H2,(H,27,31). The van der Waals surface area contributed by atoms with E-state index in [2.05, 4.69) is 20.4 Å². The summed E-state index contributed by atoms with van der Waals surface area (Å²) >= 11 is 5.89. The molecular weight excluding hydrogens is 445 g/mol. The average molecular weight is 465 g/mol. The molecule has 0 unspecified atom stereocenters. The average Bonchev–Trinajstić information content (AvgIpc) is 3.23. The van der Waals surface area contributed by atoms with Crippen molar-refractivity contribution < 1.29 is 22.5 Å². The Kier molecular flexibility index (Phi) is 6.48. The number of para-hydroxylation sites is 1. The van der Waals surface area contributed by atoms with Gasteiger partial charge in [-0.1, -0.05) is 28.9 Å².